The van der Waals surface area contributed by atoms with Gasteiger partial charge < -0.3 is 10.1 Å². The molecule has 4 heteroatoms. The van der Waals surface area contributed by atoms with E-state index in [1.807, 2.05) is 6.20 Å². The fourth-order valence-corrected chi connectivity index (χ4v) is 3.20. The van der Waals surface area contributed by atoms with E-state index in [1.54, 1.807) is 7.11 Å². The molecule has 1 aromatic heterocycles. The highest BCUT2D eigenvalue weighted by molar-refractivity contribution is 5.62. The topological polar surface area (TPSA) is 37.4 Å². The molecule has 1 aromatic rings. The molecule has 2 aliphatic heterocycles. The first-order chi connectivity index (χ1) is 8.81. The van der Waals surface area contributed by atoms with Crippen molar-refractivity contribution >= 4 is 5.69 Å². The zero-order valence-electron chi connectivity index (χ0n) is 11.2. The first-order valence-corrected chi connectivity index (χ1v) is 6.81. The van der Waals surface area contributed by atoms with Gasteiger partial charge in [0.05, 0.1) is 7.11 Å². The summed E-state index contributed by atoms with van der Waals surface area (Å²) in [7, 11) is 3.91. The van der Waals surface area contributed by atoms with Gasteiger partial charge in [0.2, 0.25) is 5.88 Å². The Hall–Kier alpha value is -1.29. The van der Waals surface area contributed by atoms with E-state index in [-0.39, 0.29) is 0 Å². The monoisotopic (exact) mass is 247 g/mol. The largest absolute Gasteiger partial charge is 0.481 e. The van der Waals surface area contributed by atoms with Crippen LogP contribution in [0.5, 0.6) is 5.88 Å². The smallest absolute Gasteiger partial charge is 0.218 e. The van der Waals surface area contributed by atoms with Crippen LogP contribution in [0.2, 0.25) is 0 Å². The molecule has 4 nitrogen and oxygen atoms in total. The molecule has 3 heterocycles. The summed E-state index contributed by atoms with van der Waals surface area (Å²) in [5.74, 6) is 0.793. The zero-order chi connectivity index (χ0) is 12.5. The number of hydrogen-bond donors (Lipinski definition) is 1. The van der Waals surface area contributed by atoms with Crippen LogP contribution in [0.25, 0.3) is 0 Å². The average Bonchev–Trinajstić information content (AvgIpc) is 2.83. The predicted octanol–water partition coefficient (Wildman–Crippen LogP) is 2.21. The number of rotatable bonds is 2. The summed E-state index contributed by atoms with van der Waals surface area (Å²) in [6.07, 6.45) is 6.75. The van der Waals surface area contributed by atoms with E-state index in [4.69, 9.17) is 4.74 Å². The number of fused-ring (bicyclic) bond motifs is 1. The Morgan fingerprint density at radius 1 is 1.44 bits per heavy atom. The third-order valence-electron chi connectivity index (χ3n) is 4.15. The van der Waals surface area contributed by atoms with Gasteiger partial charge in [-0.15, -0.1) is 0 Å². The van der Waals surface area contributed by atoms with Gasteiger partial charge in [-0.3, -0.25) is 4.90 Å². The molecule has 3 rings (SSSR count). The van der Waals surface area contributed by atoms with Crippen molar-refractivity contribution in [3.8, 4) is 5.88 Å². The Kier molecular flexibility index (Phi) is 3.12. The lowest BCUT2D eigenvalue weighted by atomic mass is 9.97. The van der Waals surface area contributed by atoms with Gasteiger partial charge in [-0.05, 0) is 39.3 Å². The van der Waals surface area contributed by atoms with Crippen LogP contribution < -0.4 is 10.1 Å². The van der Waals surface area contributed by atoms with Crippen LogP contribution >= 0.6 is 0 Å². The maximum Gasteiger partial charge on any atom is 0.218 e. The molecular weight excluding hydrogens is 226 g/mol. The van der Waals surface area contributed by atoms with E-state index in [1.165, 1.54) is 36.2 Å². The number of anilines is 1. The van der Waals surface area contributed by atoms with Crippen molar-refractivity contribution in [1.29, 1.82) is 0 Å². The van der Waals surface area contributed by atoms with Gasteiger partial charge in [0.15, 0.2) is 0 Å². The van der Waals surface area contributed by atoms with Crippen molar-refractivity contribution in [1.82, 2.24) is 9.88 Å². The van der Waals surface area contributed by atoms with E-state index in [0.717, 1.165) is 25.3 Å². The average molecular weight is 247 g/mol. The van der Waals surface area contributed by atoms with Gasteiger partial charge in [-0.2, -0.15) is 0 Å². The maximum atomic E-state index is 5.39. The molecular formula is C14H21N3O. The first kappa shape index (κ1) is 11.8. The van der Waals surface area contributed by atoms with Gasteiger partial charge in [0.1, 0.15) is 0 Å². The van der Waals surface area contributed by atoms with Crippen molar-refractivity contribution in [3.05, 3.63) is 17.3 Å². The molecule has 0 aliphatic carbocycles. The molecule has 0 radical (unpaired) electrons. The van der Waals surface area contributed by atoms with Crippen molar-refractivity contribution in [3.63, 3.8) is 0 Å². The Morgan fingerprint density at radius 2 is 2.33 bits per heavy atom. The molecule has 0 bridgehead atoms. The van der Waals surface area contributed by atoms with E-state index >= 15 is 0 Å². The normalized spacial score (nSPS) is 23.6. The third kappa shape index (κ3) is 1.85. The lowest BCUT2D eigenvalue weighted by molar-refractivity contribution is 0.316. The van der Waals surface area contributed by atoms with Crippen LogP contribution in [0.3, 0.4) is 0 Å². The Morgan fingerprint density at radius 3 is 3.06 bits per heavy atom. The molecule has 1 fully saturated rings. The molecule has 0 amide bonds. The zero-order valence-corrected chi connectivity index (χ0v) is 11.2. The highest BCUT2D eigenvalue weighted by Gasteiger charge is 2.28. The molecule has 18 heavy (non-hydrogen) atoms. The molecule has 0 unspecified atom stereocenters. The second kappa shape index (κ2) is 4.76. The number of likely N-dealkylation sites (tertiary alicyclic amines) is 1. The minimum atomic E-state index is 0.516. The molecule has 0 saturated carbocycles. The Labute approximate surface area is 108 Å². The van der Waals surface area contributed by atoms with Crippen molar-refractivity contribution < 1.29 is 4.74 Å². The number of hydrogen-bond acceptors (Lipinski definition) is 4. The summed E-state index contributed by atoms with van der Waals surface area (Å²) in [6.45, 7) is 2.25. The van der Waals surface area contributed by atoms with Crippen LogP contribution in [0.4, 0.5) is 5.69 Å². The fraction of sp³-hybridized carbons (Fsp3) is 0.643. The summed E-state index contributed by atoms with van der Waals surface area (Å²) in [6, 6.07) is 0.516. The fourth-order valence-electron chi connectivity index (χ4n) is 3.20. The molecule has 0 aromatic carbocycles. The number of nitrogens with zero attached hydrogens (tertiary/aromatic N) is 2. The third-order valence-corrected chi connectivity index (χ3v) is 4.15. The van der Waals surface area contributed by atoms with Crippen molar-refractivity contribution in [2.24, 2.45) is 0 Å². The highest BCUT2D eigenvalue weighted by atomic mass is 16.5. The van der Waals surface area contributed by atoms with Gasteiger partial charge in [0, 0.05) is 35.6 Å². The minimum Gasteiger partial charge on any atom is -0.481 e. The summed E-state index contributed by atoms with van der Waals surface area (Å²) in [4.78, 5) is 6.93. The maximum absolute atomic E-state index is 5.39. The van der Waals surface area contributed by atoms with Crippen molar-refractivity contribution in [2.45, 2.75) is 31.7 Å². The van der Waals surface area contributed by atoms with Crippen LogP contribution in [0.1, 0.15) is 36.4 Å². The van der Waals surface area contributed by atoms with Gasteiger partial charge in [-0.1, -0.05) is 0 Å². The second-order valence-corrected chi connectivity index (χ2v) is 5.25. The molecule has 1 saturated heterocycles. The molecule has 0 spiro atoms. The number of nitrogens with one attached hydrogen (secondary N) is 1. The van der Waals surface area contributed by atoms with Crippen molar-refractivity contribution in [2.75, 3.05) is 32.6 Å². The number of pyridine rings is 1. The Balaban J connectivity index is 2.04. The first-order valence-electron chi connectivity index (χ1n) is 6.81. The van der Waals surface area contributed by atoms with Crippen LogP contribution in [-0.4, -0.2) is 37.1 Å². The van der Waals surface area contributed by atoms with Crippen LogP contribution in [-0.2, 0) is 6.42 Å². The molecule has 2 aliphatic rings. The predicted molar refractivity (Wildman–Crippen MR) is 72.2 cm³/mol. The summed E-state index contributed by atoms with van der Waals surface area (Å²) in [5.41, 5.74) is 3.90. The number of methoxy groups -OCH3 is 1. The van der Waals surface area contributed by atoms with E-state index in [0.29, 0.717) is 6.04 Å². The molecule has 98 valence electrons. The van der Waals surface area contributed by atoms with E-state index < -0.39 is 0 Å². The summed E-state index contributed by atoms with van der Waals surface area (Å²) in [5, 5.41) is 3.56. The van der Waals surface area contributed by atoms with Gasteiger partial charge in [0.25, 0.3) is 0 Å². The lowest BCUT2D eigenvalue weighted by Gasteiger charge is -2.27. The molecule has 1 N–H and O–H groups in total. The quantitative estimate of drug-likeness (QED) is 0.869. The van der Waals surface area contributed by atoms with E-state index in [9.17, 15) is 0 Å². The number of ether oxygens (including phenoxy) is 1. The van der Waals surface area contributed by atoms with Gasteiger partial charge in [-0.25, -0.2) is 4.98 Å². The SMILES string of the molecule is COc1ncc([C@@H]2CCCN2C)c2c1CCCN2. The second-order valence-electron chi connectivity index (χ2n) is 5.25. The number of aromatic nitrogens is 1. The van der Waals surface area contributed by atoms with Gasteiger partial charge >= 0.3 is 0 Å². The van der Waals surface area contributed by atoms with Crippen LogP contribution in [0.15, 0.2) is 6.20 Å². The van der Waals surface area contributed by atoms with Crippen LogP contribution in [0, 0.1) is 0 Å². The summed E-state index contributed by atoms with van der Waals surface area (Å²) < 4.78 is 5.39. The Bertz CT molecular complexity index is 447. The summed E-state index contributed by atoms with van der Waals surface area (Å²) >= 11 is 0. The molecule has 1 atom stereocenters. The lowest BCUT2D eigenvalue weighted by Crippen LogP contribution is -2.22. The minimum absolute atomic E-state index is 0.516. The standard InChI is InChI=1S/C14H21N3O/c1-17-8-4-6-12(17)11-9-16-14(18-2)10-5-3-7-15-13(10)11/h9,12,15H,3-8H2,1-2H3/t12-/m0/s1. The highest BCUT2D eigenvalue weighted by Crippen LogP contribution is 2.40. The van der Waals surface area contributed by atoms with E-state index in [2.05, 4.69) is 22.2 Å².